The van der Waals surface area contributed by atoms with Crippen molar-refractivity contribution >= 4 is 17.0 Å². The van der Waals surface area contributed by atoms with Crippen LogP contribution in [0.1, 0.15) is 0 Å². The first-order valence-corrected chi connectivity index (χ1v) is 4.72. The standard InChI is InChI=1S/C9H9N7/c10-14-9-13-7-8(15-16-9)12-6-4-2-1-3-5(6)11-7/h1-4,10-12,15H,(H,13,16). The lowest BCUT2D eigenvalue weighted by atomic mass is 10.3. The highest BCUT2D eigenvalue weighted by Crippen LogP contribution is 2.07. The smallest absolute Gasteiger partial charge is 0.262 e. The Kier molecular flexibility index (Phi) is 1.76. The van der Waals surface area contributed by atoms with E-state index in [2.05, 4.69) is 30.3 Å². The summed E-state index contributed by atoms with van der Waals surface area (Å²) in [5, 5.41) is 8.78. The van der Waals surface area contributed by atoms with Gasteiger partial charge in [0.2, 0.25) is 0 Å². The van der Waals surface area contributed by atoms with Crippen LogP contribution in [0.3, 0.4) is 0 Å². The van der Waals surface area contributed by atoms with Gasteiger partial charge in [0, 0.05) is 0 Å². The number of hydrogen-bond acceptors (Lipinski definition) is 3. The number of nitrogens with one attached hydrogen (secondary N) is 5. The molecule has 0 bridgehead atoms. The zero-order chi connectivity index (χ0) is 11.0. The lowest BCUT2D eigenvalue weighted by molar-refractivity contribution is 0.842. The first-order chi connectivity index (χ1) is 7.86. The molecule has 0 radical (unpaired) electrons. The molecule has 0 spiro atoms. The van der Waals surface area contributed by atoms with Crippen LogP contribution in [0.25, 0.3) is 11.0 Å². The van der Waals surface area contributed by atoms with Gasteiger partial charge in [-0.15, -0.1) is 5.11 Å². The van der Waals surface area contributed by atoms with Gasteiger partial charge in [0.15, 0.2) is 11.0 Å². The van der Waals surface area contributed by atoms with E-state index in [1.54, 1.807) is 0 Å². The fourth-order valence-electron chi connectivity index (χ4n) is 1.56. The Morgan fingerprint density at radius 3 is 2.56 bits per heavy atom. The van der Waals surface area contributed by atoms with Crippen molar-refractivity contribution in [3.05, 3.63) is 35.2 Å². The Morgan fingerprint density at radius 2 is 1.81 bits per heavy atom. The number of benzene rings is 1. The molecule has 0 fully saturated rings. The number of hydrogen-bond donors (Lipinski definition) is 5. The Morgan fingerprint density at radius 1 is 1.06 bits per heavy atom. The minimum Gasteiger partial charge on any atom is -0.336 e. The fraction of sp³-hybridized carbons (Fsp3) is 0. The Labute approximate surface area is 88.8 Å². The van der Waals surface area contributed by atoms with E-state index in [-0.39, 0.29) is 5.95 Å². The van der Waals surface area contributed by atoms with Crippen molar-refractivity contribution in [3.8, 4) is 0 Å². The monoisotopic (exact) mass is 215 g/mol. The molecule has 0 saturated heterocycles. The van der Waals surface area contributed by atoms with Crippen molar-refractivity contribution in [1.29, 1.82) is 5.53 Å². The summed E-state index contributed by atoms with van der Waals surface area (Å²) in [6.07, 6.45) is 0. The summed E-state index contributed by atoms with van der Waals surface area (Å²) < 4.78 is 0. The van der Waals surface area contributed by atoms with Gasteiger partial charge < -0.3 is 9.97 Å². The van der Waals surface area contributed by atoms with Crippen LogP contribution in [0.15, 0.2) is 29.4 Å². The second-order valence-corrected chi connectivity index (χ2v) is 3.32. The molecule has 2 heterocycles. The Bertz CT molecular complexity index is 738. The maximum absolute atomic E-state index is 6.87. The van der Waals surface area contributed by atoms with Gasteiger partial charge in [-0.3, -0.25) is 10.2 Å². The number of fused-ring (bicyclic) bond motifs is 1. The molecule has 0 amide bonds. The second-order valence-electron chi connectivity index (χ2n) is 3.32. The Hall–Kier alpha value is -2.57. The molecule has 7 nitrogen and oxygen atoms in total. The highest BCUT2D eigenvalue weighted by atomic mass is 15.3. The van der Waals surface area contributed by atoms with Gasteiger partial charge in [-0.2, -0.15) is 4.98 Å². The summed E-state index contributed by atoms with van der Waals surface area (Å²) in [6, 6.07) is 7.79. The van der Waals surface area contributed by atoms with Crippen LogP contribution in [0.2, 0.25) is 0 Å². The highest BCUT2D eigenvalue weighted by molar-refractivity contribution is 5.73. The summed E-state index contributed by atoms with van der Waals surface area (Å²) in [5.74, 6) is 0.215. The van der Waals surface area contributed by atoms with Crippen LogP contribution in [0.4, 0.5) is 5.95 Å². The van der Waals surface area contributed by atoms with Gasteiger partial charge in [0.05, 0.1) is 11.0 Å². The minimum atomic E-state index is 0.215. The number of para-hydroxylation sites is 2. The quantitative estimate of drug-likeness (QED) is 0.393. The van der Waals surface area contributed by atoms with Crippen LogP contribution in [0, 0.1) is 16.5 Å². The van der Waals surface area contributed by atoms with Gasteiger partial charge in [0.25, 0.3) is 5.95 Å². The average Bonchev–Trinajstić information content (AvgIpc) is 2.35. The van der Waals surface area contributed by atoms with E-state index in [9.17, 15) is 0 Å². The molecule has 0 atom stereocenters. The van der Waals surface area contributed by atoms with Crippen LogP contribution < -0.4 is 0 Å². The maximum atomic E-state index is 6.87. The number of aromatic amines is 4. The van der Waals surface area contributed by atoms with Crippen molar-refractivity contribution in [2.75, 3.05) is 0 Å². The number of H-pyrrole nitrogens is 4. The third-order valence-corrected chi connectivity index (χ3v) is 2.30. The predicted octanol–water partition coefficient (Wildman–Crippen LogP) is 2.06. The molecule has 0 unspecified atom stereocenters. The van der Waals surface area contributed by atoms with Crippen molar-refractivity contribution in [1.82, 2.24) is 25.1 Å². The largest absolute Gasteiger partial charge is 0.336 e. The van der Waals surface area contributed by atoms with E-state index in [1.165, 1.54) is 0 Å². The van der Waals surface area contributed by atoms with Gasteiger partial charge in [-0.25, -0.2) is 5.53 Å². The highest BCUT2D eigenvalue weighted by Gasteiger charge is 1.97. The summed E-state index contributed by atoms with van der Waals surface area (Å²) >= 11 is 0. The van der Waals surface area contributed by atoms with Crippen molar-refractivity contribution < 1.29 is 0 Å². The molecular weight excluding hydrogens is 206 g/mol. The van der Waals surface area contributed by atoms with E-state index in [0.717, 1.165) is 11.0 Å². The molecule has 16 heavy (non-hydrogen) atoms. The molecule has 1 aromatic carbocycles. The number of rotatable bonds is 1. The average molecular weight is 215 g/mol. The van der Waals surface area contributed by atoms with Gasteiger partial charge in [0.1, 0.15) is 0 Å². The molecule has 0 aromatic heterocycles. The van der Waals surface area contributed by atoms with Crippen molar-refractivity contribution in [2.24, 2.45) is 5.11 Å². The minimum absolute atomic E-state index is 0.215. The number of aromatic nitrogens is 5. The van der Waals surface area contributed by atoms with Crippen molar-refractivity contribution in [2.45, 2.75) is 0 Å². The first kappa shape index (κ1) is 8.72. The summed E-state index contributed by atoms with van der Waals surface area (Å²) in [4.78, 5) is 10.4. The van der Waals surface area contributed by atoms with Gasteiger partial charge in [-0.1, -0.05) is 12.1 Å². The molecular formula is C9H9N7. The van der Waals surface area contributed by atoms with E-state index in [4.69, 9.17) is 5.53 Å². The van der Waals surface area contributed by atoms with Crippen LogP contribution in [0.5, 0.6) is 0 Å². The summed E-state index contributed by atoms with van der Waals surface area (Å²) in [5.41, 5.74) is 10.1. The normalized spacial score (nSPS) is 10.8. The molecule has 80 valence electrons. The fourth-order valence-corrected chi connectivity index (χ4v) is 1.56. The summed E-state index contributed by atoms with van der Waals surface area (Å²) in [6.45, 7) is 0. The van der Waals surface area contributed by atoms with Gasteiger partial charge in [-0.05, 0) is 12.1 Å². The van der Waals surface area contributed by atoms with Gasteiger partial charge >= 0.3 is 0 Å². The first-order valence-electron chi connectivity index (χ1n) is 4.72. The molecule has 1 aromatic rings. The van der Waals surface area contributed by atoms with Crippen LogP contribution >= 0.6 is 0 Å². The van der Waals surface area contributed by atoms with E-state index in [0.29, 0.717) is 11.0 Å². The maximum Gasteiger partial charge on any atom is 0.262 e. The lowest BCUT2D eigenvalue weighted by Crippen LogP contribution is -1.98. The third kappa shape index (κ3) is 1.26. The molecule has 7 heteroatoms. The second kappa shape index (κ2) is 3.23. The van der Waals surface area contributed by atoms with E-state index >= 15 is 0 Å². The van der Waals surface area contributed by atoms with E-state index in [1.807, 2.05) is 24.3 Å². The zero-order valence-electron chi connectivity index (χ0n) is 8.20. The van der Waals surface area contributed by atoms with Crippen LogP contribution in [-0.2, 0) is 0 Å². The molecule has 0 aliphatic carbocycles. The topological polar surface area (TPSA) is 112 Å². The molecule has 0 saturated carbocycles. The SMILES string of the molecule is N=Nc1nc2[nH]c3ccccc3[nH]c=2[nH][nH]1. The van der Waals surface area contributed by atoms with Crippen molar-refractivity contribution in [3.63, 3.8) is 0 Å². The van der Waals surface area contributed by atoms with E-state index < -0.39 is 0 Å². The molecule has 5 N–H and O–H groups in total. The molecule has 3 rings (SSSR count). The summed E-state index contributed by atoms with van der Waals surface area (Å²) in [7, 11) is 0. The van der Waals surface area contributed by atoms with Crippen LogP contribution in [-0.4, -0.2) is 25.1 Å². The predicted molar refractivity (Wildman–Crippen MR) is 56.9 cm³/mol. The molecule has 2 aliphatic heterocycles. The molecule has 2 aliphatic rings. The lowest BCUT2D eigenvalue weighted by Gasteiger charge is -2.01. The Balaban J connectivity index is 2.48. The zero-order valence-corrected chi connectivity index (χ0v) is 8.20. The third-order valence-electron chi connectivity index (χ3n) is 2.30. The number of nitrogens with zero attached hydrogens (tertiary/aromatic N) is 2.